The number of allylic oxidation sites excluding steroid dienone is 18. The van der Waals surface area contributed by atoms with E-state index in [-0.39, 0.29) is 25.9 Å². The average Bonchev–Trinajstić information content (AvgIpc) is 3.42. The summed E-state index contributed by atoms with van der Waals surface area (Å²) in [7, 11) is 0. The molecule has 1 aliphatic rings. The highest BCUT2D eigenvalue weighted by Gasteiger charge is 2.50. The minimum atomic E-state index is -1.92. The Morgan fingerprint density at radius 2 is 0.844 bits per heavy atom. The number of carbonyl (C=O) groups excluding carboxylic acids is 3. The zero-order valence-electron chi connectivity index (χ0n) is 47.9. The molecular formula is C65H104O12. The van der Waals surface area contributed by atoms with Gasteiger partial charge in [-0.2, -0.15) is 0 Å². The fourth-order valence-corrected chi connectivity index (χ4v) is 8.35. The van der Waals surface area contributed by atoms with Crippen LogP contribution in [0.3, 0.4) is 0 Å². The fourth-order valence-electron chi connectivity index (χ4n) is 8.35. The normalized spacial score (nSPS) is 18.8. The van der Waals surface area contributed by atoms with Crippen LogP contribution >= 0.6 is 0 Å². The topological polar surface area (TPSA) is 175 Å². The number of aliphatic hydroxyl groups is 2. The highest BCUT2D eigenvalue weighted by atomic mass is 16.7. The maximum Gasteiger partial charge on any atom is 0.335 e. The number of carbonyl (C=O) groups is 4. The number of aliphatic hydroxyl groups excluding tert-OH is 2. The number of hydrogen-bond donors (Lipinski definition) is 3. The predicted molar refractivity (Wildman–Crippen MR) is 312 cm³/mol. The lowest BCUT2D eigenvalue weighted by atomic mass is 9.98. The molecule has 6 atom stereocenters. The molecule has 12 heteroatoms. The third-order valence-electron chi connectivity index (χ3n) is 12.9. The molecule has 1 saturated heterocycles. The zero-order chi connectivity index (χ0) is 56.1. The lowest BCUT2D eigenvalue weighted by Crippen LogP contribution is -2.61. The number of carboxylic acid groups (broad SMARTS) is 1. The number of carboxylic acids is 1. The van der Waals surface area contributed by atoms with E-state index in [1.54, 1.807) is 0 Å². The van der Waals surface area contributed by atoms with Gasteiger partial charge in [0.2, 0.25) is 0 Å². The van der Waals surface area contributed by atoms with Gasteiger partial charge in [0.25, 0.3) is 0 Å². The highest BCUT2D eigenvalue weighted by molar-refractivity contribution is 5.74. The van der Waals surface area contributed by atoms with Gasteiger partial charge in [-0.3, -0.25) is 14.4 Å². The molecule has 1 rings (SSSR count). The molecule has 0 aromatic carbocycles. The van der Waals surface area contributed by atoms with Gasteiger partial charge in [-0.25, -0.2) is 4.79 Å². The number of esters is 3. The maximum absolute atomic E-state index is 13.1. The average molecular weight is 1080 g/mol. The SMILES string of the molecule is CC/C=C\C/C=C\C/C=C\C/C=C\C/C=C\CCCCCC(=O)OCC(COC1OC(C(=O)O)C(O)C(O)C1OC(=O)CCCCCCCCCCCCCCCCC)OC(=O)CC/C=C\C/C=C\C/C=C\C/C=C\CC. The zero-order valence-corrected chi connectivity index (χ0v) is 47.9. The Morgan fingerprint density at radius 3 is 1.30 bits per heavy atom. The second-order valence-electron chi connectivity index (χ2n) is 19.9. The largest absolute Gasteiger partial charge is 0.479 e. The quantitative estimate of drug-likeness (QED) is 0.0228. The Morgan fingerprint density at radius 1 is 0.442 bits per heavy atom. The highest BCUT2D eigenvalue weighted by Crippen LogP contribution is 2.26. The van der Waals surface area contributed by atoms with Crippen LogP contribution in [0.2, 0.25) is 0 Å². The van der Waals surface area contributed by atoms with Gasteiger partial charge in [-0.1, -0.05) is 226 Å². The van der Waals surface area contributed by atoms with Crippen LogP contribution in [0.15, 0.2) is 109 Å². The molecule has 1 aliphatic heterocycles. The Kier molecular flexibility index (Phi) is 47.6. The van der Waals surface area contributed by atoms with Gasteiger partial charge in [0.1, 0.15) is 18.8 Å². The summed E-state index contributed by atoms with van der Waals surface area (Å²) in [6, 6.07) is 0. The smallest absolute Gasteiger partial charge is 0.335 e. The minimum Gasteiger partial charge on any atom is -0.479 e. The third kappa shape index (κ3) is 42.1. The monoisotopic (exact) mass is 1080 g/mol. The third-order valence-corrected chi connectivity index (χ3v) is 12.9. The van der Waals surface area contributed by atoms with Gasteiger partial charge in [0, 0.05) is 19.3 Å². The van der Waals surface area contributed by atoms with E-state index in [0.29, 0.717) is 25.7 Å². The van der Waals surface area contributed by atoms with Gasteiger partial charge in [-0.05, 0) is 89.9 Å². The first kappa shape index (κ1) is 70.4. The van der Waals surface area contributed by atoms with Gasteiger partial charge in [-0.15, -0.1) is 0 Å². The van der Waals surface area contributed by atoms with E-state index < -0.39 is 67.3 Å². The molecule has 0 bridgehead atoms. The summed E-state index contributed by atoms with van der Waals surface area (Å²) in [5.41, 5.74) is 0. The summed E-state index contributed by atoms with van der Waals surface area (Å²) in [6.07, 6.45) is 57.9. The van der Waals surface area contributed by atoms with Crippen LogP contribution in [0.4, 0.5) is 0 Å². The molecule has 3 N–H and O–H groups in total. The molecule has 0 aromatic rings. The molecule has 0 aromatic heterocycles. The van der Waals surface area contributed by atoms with Gasteiger partial charge in [0.15, 0.2) is 24.6 Å². The summed E-state index contributed by atoms with van der Waals surface area (Å²) >= 11 is 0. The van der Waals surface area contributed by atoms with Crippen molar-refractivity contribution >= 4 is 23.9 Å². The molecule has 6 unspecified atom stereocenters. The summed E-state index contributed by atoms with van der Waals surface area (Å²) < 4.78 is 28.3. The molecule has 12 nitrogen and oxygen atoms in total. The Balaban J connectivity index is 2.74. The first-order valence-corrected chi connectivity index (χ1v) is 29.9. The van der Waals surface area contributed by atoms with Crippen molar-refractivity contribution in [2.24, 2.45) is 0 Å². The summed E-state index contributed by atoms with van der Waals surface area (Å²) in [5, 5.41) is 31.5. The van der Waals surface area contributed by atoms with E-state index in [2.05, 4.69) is 118 Å². The fraction of sp³-hybridized carbons (Fsp3) is 0.662. The Hall–Kier alpha value is -4.62. The van der Waals surface area contributed by atoms with Crippen molar-refractivity contribution in [3.63, 3.8) is 0 Å². The summed E-state index contributed by atoms with van der Waals surface area (Å²) in [5.74, 6) is -3.28. The number of ether oxygens (including phenoxy) is 5. The first-order chi connectivity index (χ1) is 37.6. The number of rotatable bonds is 49. The van der Waals surface area contributed by atoms with E-state index in [9.17, 15) is 34.5 Å². The van der Waals surface area contributed by atoms with Crippen molar-refractivity contribution in [3.8, 4) is 0 Å². The molecule has 77 heavy (non-hydrogen) atoms. The van der Waals surface area contributed by atoms with Gasteiger partial charge in [0.05, 0.1) is 6.61 Å². The molecule has 0 aliphatic carbocycles. The van der Waals surface area contributed by atoms with E-state index in [0.717, 1.165) is 96.3 Å². The van der Waals surface area contributed by atoms with Crippen LogP contribution in [0.5, 0.6) is 0 Å². The number of hydrogen-bond acceptors (Lipinski definition) is 11. The molecule has 0 radical (unpaired) electrons. The lowest BCUT2D eigenvalue weighted by molar-refractivity contribution is -0.301. The van der Waals surface area contributed by atoms with Crippen molar-refractivity contribution in [1.82, 2.24) is 0 Å². The summed E-state index contributed by atoms with van der Waals surface area (Å²) in [4.78, 5) is 51.1. The minimum absolute atomic E-state index is 0.0298. The van der Waals surface area contributed by atoms with E-state index in [4.69, 9.17) is 23.7 Å². The molecular weight excluding hydrogens is 973 g/mol. The Bertz CT molecular complexity index is 1750. The number of aliphatic carboxylic acids is 1. The van der Waals surface area contributed by atoms with Crippen LogP contribution in [-0.4, -0.2) is 89.2 Å². The van der Waals surface area contributed by atoms with Crippen LogP contribution in [-0.2, 0) is 42.9 Å². The standard InChI is InChI=1S/C65H104O12/c1-4-7-10-13-16-19-22-25-27-28-29-30-32-34-36-39-42-45-48-51-57(66)73-54-56(75-58(67)52-49-46-43-40-37-33-24-21-18-15-12-9-6-3)55-74-65-63(61(70)60(69)62(77-65)64(71)72)76-59(68)53-50-47-44-41-38-35-31-26-23-20-17-14-11-8-5-2/h7,9-10,12,16,18-19,21,25,27,29-30,33-34,36-37,43,46,56,60-63,65,69-70H,4-6,8,11,13-15,17,20,22-24,26,28,31-32,35,38-42,44-45,47-55H2,1-3H3,(H,71,72)/b10-7-,12-9-,19-16-,21-18-,27-25-,30-29-,36-34-,37-33-,46-43-. The lowest BCUT2D eigenvalue weighted by Gasteiger charge is -2.40. The van der Waals surface area contributed by atoms with Crippen LogP contribution in [0.25, 0.3) is 0 Å². The number of unbranched alkanes of at least 4 members (excludes halogenated alkanes) is 17. The van der Waals surface area contributed by atoms with Gasteiger partial charge >= 0.3 is 23.9 Å². The van der Waals surface area contributed by atoms with Crippen molar-refractivity contribution < 1.29 is 58.2 Å². The second-order valence-corrected chi connectivity index (χ2v) is 19.9. The Labute approximate surface area is 465 Å². The molecule has 1 heterocycles. The van der Waals surface area contributed by atoms with E-state index in [1.807, 2.05) is 12.2 Å². The first-order valence-electron chi connectivity index (χ1n) is 29.9. The maximum atomic E-state index is 13.1. The molecule has 0 amide bonds. The molecule has 436 valence electrons. The molecule has 0 saturated carbocycles. The van der Waals surface area contributed by atoms with Crippen LogP contribution < -0.4 is 0 Å². The van der Waals surface area contributed by atoms with Crippen LogP contribution in [0.1, 0.15) is 226 Å². The second kappa shape index (κ2) is 52.1. The molecule has 0 spiro atoms. The van der Waals surface area contributed by atoms with E-state index >= 15 is 0 Å². The van der Waals surface area contributed by atoms with Crippen LogP contribution in [0, 0.1) is 0 Å². The van der Waals surface area contributed by atoms with Crippen molar-refractivity contribution in [2.45, 2.75) is 263 Å². The van der Waals surface area contributed by atoms with Crippen molar-refractivity contribution in [1.29, 1.82) is 0 Å². The predicted octanol–water partition coefficient (Wildman–Crippen LogP) is 15.4. The van der Waals surface area contributed by atoms with Crippen molar-refractivity contribution in [2.75, 3.05) is 13.2 Å². The van der Waals surface area contributed by atoms with Crippen molar-refractivity contribution in [3.05, 3.63) is 109 Å². The van der Waals surface area contributed by atoms with E-state index in [1.165, 1.54) is 64.2 Å². The molecule has 1 fully saturated rings. The van der Waals surface area contributed by atoms with Gasteiger partial charge < -0.3 is 39.0 Å². The summed E-state index contributed by atoms with van der Waals surface area (Å²) in [6.45, 7) is 5.67.